The molecule has 3 aromatic heterocycles. The zero-order chi connectivity index (χ0) is 19.8. The van der Waals surface area contributed by atoms with Gasteiger partial charge < -0.3 is 18.5 Å². The Morgan fingerprint density at radius 2 is 1.97 bits per heavy atom. The Morgan fingerprint density at radius 1 is 1.10 bits per heavy atom. The fourth-order valence-corrected chi connectivity index (χ4v) is 4.46. The van der Waals surface area contributed by atoms with E-state index in [1.54, 1.807) is 11.3 Å². The van der Waals surface area contributed by atoms with Gasteiger partial charge >= 0.3 is 0 Å². The van der Waals surface area contributed by atoms with Crippen molar-refractivity contribution in [3.05, 3.63) is 53.5 Å². The Bertz CT molecular complexity index is 1120. The van der Waals surface area contributed by atoms with Crippen LogP contribution in [0.4, 0.5) is 0 Å². The van der Waals surface area contributed by atoms with E-state index in [0.29, 0.717) is 30.0 Å². The quantitative estimate of drug-likeness (QED) is 0.436. The molecule has 4 aromatic rings. The van der Waals surface area contributed by atoms with Crippen molar-refractivity contribution in [3.8, 4) is 22.3 Å². The van der Waals surface area contributed by atoms with Crippen molar-refractivity contribution in [2.45, 2.75) is 23.4 Å². The van der Waals surface area contributed by atoms with Crippen LogP contribution < -0.4 is 9.47 Å². The van der Waals surface area contributed by atoms with Crippen molar-refractivity contribution < 1.29 is 13.9 Å². The van der Waals surface area contributed by atoms with E-state index in [9.17, 15) is 0 Å². The number of hydrogen-bond acceptors (Lipinski definition) is 9. The summed E-state index contributed by atoms with van der Waals surface area (Å²) in [6.07, 6.45) is -0.319. The number of hydrogen-bond donors (Lipinski definition) is 0. The summed E-state index contributed by atoms with van der Waals surface area (Å²) in [5, 5.41) is 19.6. The molecule has 148 valence electrons. The van der Waals surface area contributed by atoms with E-state index in [1.165, 1.54) is 11.8 Å². The molecule has 1 aromatic carbocycles. The first kappa shape index (κ1) is 18.2. The summed E-state index contributed by atoms with van der Waals surface area (Å²) in [5.74, 6) is 3.24. The lowest BCUT2D eigenvalue weighted by atomic mass is 10.2. The van der Waals surface area contributed by atoms with Gasteiger partial charge in [-0.25, -0.2) is 0 Å². The second-order valence-electron chi connectivity index (χ2n) is 6.45. The van der Waals surface area contributed by atoms with Crippen molar-refractivity contribution in [2.24, 2.45) is 7.05 Å². The zero-order valence-electron chi connectivity index (χ0n) is 15.7. The molecule has 29 heavy (non-hydrogen) atoms. The number of fused-ring (bicyclic) bond motifs is 1. The maximum Gasteiger partial charge on any atom is 0.257 e. The average Bonchev–Trinajstić information content (AvgIpc) is 3.49. The standard InChI is InChI=1S/C19H17N5O3S2/c1-11(17-21-22-18(27-17)15-8-5-9-28-15)29-19-23-20-16(24(19)2)14-10-25-12-6-3-4-7-13(12)26-14/h3-9,11,14H,10H2,1-2H3/t11-,14-/m0/s1. The highest BCUT2D eigenvalue weighted by molar-refractivity contribution is 7.99. The van der Waals surface area contributed by atoms with Crippen LogP contribution in [0.15, 0.2) is 51.4 Å². The highest BCUT2D eigenvalue weighted by atomic mass is 32.2. The number of rotatable bonds is 5. The molecule has 8 nitrogen and oxygen atoms in total. The second-order valence-corrected chi connectivity index (χ2v) is 8.70. The van der Waals surface area contributed by atoms with E-state index in [-0.39, 0.29) is 11.4 Å². The summed E-state index contributed by atoms with van der Waals surface area (Å²) in [7, 11) is 1.92. The SMILES string of the molecule is C[C@H](Sc1nnc([C@@H]2COc3ccccc3O2)n1C)c1nnc(-c2cccs2)o1. The summed E-state index contributed by atoms with van der Waals surface area (Å²) in [5.41, 5.74) is 0. The molecule has 0 radical (unpaired) electrons. The molecule has 1 aliphatic rings. The van der Waals surface area contributed by atoms with Crippen LogP contribution in [0, 0.1) is 0 Å². The summed E-state index contributed by atoms with van der Waals surface area (Å²) >= 11 is 3.07. The van der Waals surface area contributed by atoms with Gasteiger partial charge in [0.05, 0.1) is 10.1 Å². The van der Waals surface area contributed by atoms with Gasteiger partial charge in [-0.05, 0) is 30.5 Å². The number of aromatic nitrogens is 5. The molecule has 4 heterocycles. The second kappa shape index (κ2) is 7.53. The first-order chi connectivity index (χ1) is 14.2. The van der Waals surface area contributed by atoms with Crippen molar-refractivity contribution in [2.75, 3.05) is 6.61 Å². The number of para-hydroxylation sites is 2. The fraction of sp³-hybridized carbons (Fsp3) is 0.263. The third kappa shape index (κ3) is 3.49. The van der Waals surface area contributed by atoms with E-state index < -0.39 is 0 Å². The van der Waals surface area contributed by atoms with E-state index in [0.717, 1.165) is 15.8 Å². The molecule has 0 N–H and O–H groups in total. The number of thioether (sulfide) groups is 1. The van der Waals surface area contributed by atoms with Crippen LogP contribution in [-0.4, -0.2) is 31.6 Å². The fourth-order valence-electron chi connectivity index (χ4n) is 2.96. The third-order valence-corrected chi connectivity index (χ3v) is 6.45. The van der Waals surface area contributed by atoms with Crippen molar-refractivity contribution in [1.82, 2.24) is 25.0 Å². The molecule has 10 heteroatoms. The smallest absolute Gasteiger partial charge is 0.257 e. The Morgan fingerprint density at radius 3 is 2.79 bits per heavy atom. The molecular weight excluding hydrogens is 410 g/mol. The first-order valence-corrected chi connectivity index (χ1v) is 10.8. The topological polar surface area (TPSA) is 88.1 Å². The molecule has 0 amide bonds. The minimum absolute atomic E-state index is 0.0730. The van der Waals surface area contributed by atoms with Gasteiger partial charge in [0.1, 0.15) is 6.61 Å². The van der Waals surface area contributed by atoms with E-state index in [2.05, 4.69) is 20.4 Å². The predicted molar refractivity (Wildman–Crippen MR) is 108 cm³/mol. The van der Waals surface area contributed by atoms with Gasteiger partial charge in [0.25, 0.3) is 5.89 Å². The Kier molecular flexibility index (Phi) is 4.72. The third-order valence-electron chi connectivity index (χ3n) is 4.47. The largest absolute Gasteiger partial charge is 0.485 e. The van der Waals surface area contributed by atoms with E-state index in [4.69, 9.17) is 13.9 Å². The lowest BCUT2D eigenvalue weighted by Crippen LogP contribution is -2.24. The molecule has 0 bridgehead atoms. The number of thiophene rings is 1. The number of benzene rings is 1. The van der Waals surface area contributed by atoms with Crippen molar-refractivity contribution >= 4 is 23.1 Å². The molecular formula is C19H17N5O3S2. The van der Waals surface area contributed by atoms with Crippen LogP contribution in [-0.2, 0) is 7.05 Å². The lowest BCUT2D eigenvalue weighted by molar-refractivity contribution is 0.0825. The van der Waals surface area contributed by atoms with Crippen LogP contribution in [0.2, 0.25) is 0 Å². The minimum atomic E-state index is -0.319. The molecule has 0 aliphatic carbocycles. The highest BCUT2D eigenvalue weighted by Gasteiger charge is 2.28. The van der Waals surface area contributed by atoms with Crippen LogP contribution in [0.3, 0.4) is 0 Å². The first-order valence-electron chi connectivity index (χ1n) is 9.01. The Labute approximate surface area is 174 Å². The molecule has 0 saturated carbocycles. The summed E-state index contributed by atoms with van der Waals surface area (Å²) in [6, 6.07) is 11.5. The van der Waals surface area contributed by atoms with E-state index in [1.807, 2.05) is 60.3 Å². The summed E-state index contributed by atoms with van der Waals surface area (Å²) in [6.45, 7) is 2.39. The van der Waals surface area contributed by atoms with Gasteiger partial charge in [0.2, 0.25) is 5.89 Å². The zero-order valence-corrected chi connectivity index (χ0v) is 17.3. The normalized spacial score (nSPS) is 16.7. The molecule has 5 rings (SSSR count). The van der Waals surface area contributed by atoms with Gasteiger partial charge in [-0.2, -0.15) is 0 Å². The van der Waals surface area contributed by atoms with Gasteiger partial charge in [0.15, 0.2) is 28.6 Å². The molecule has 1 aliphatic heterocycles. The van der Waals surface area contributed by atoms with Gasteiger partial charge in [-0.15, -0.1) is 31.7 Å². The molecule has 0 fully saturated rings. The van der Waals surface area contributed by atoms with Crippen LogP contribution in [0.25, 0.3) is 10.8 Å². The van der Waals surface area contributed by atoms with Gasteiger partial charge in [0, 0.05) is 7.05 Å². The summed E-state index contributed by atoms with van der Waals surface area (Å²) < 4.78 is 19.6. The van der Waals surface area contributed by atoms with Crippen LogP contribution >= 0.6 is 23.1 Å². The lowest BCUT2D eigenvalue weighted by Gasteiger charge is -2.25. The highest BCUT2D eigenvalue weighted by Crippen LogP contribution is 2.38. The Hall–Kier alpha value is -2.85. The van der Waals surface area contributed by atoms with Crippen LogP contribution in [0.5, 0.6) is 11.5 Å². The van der Waals surface area contributed by atoms with E-state index >= 15 is 0 Å². The van der Waals surface area contributed by atoms with Crippen LogP contribution in [0.1, 0.15) is 30.0 Å². The van der Waals surface area contributed by atoms with Gasteiger partial charge in [-0.3, -0.25) is 0 Å². The summed E-state index contributed by atoms with van der Waals surface area (Å²) in [4.78, 5) is 0.955. The monoisotopic (exact) mass is 427 g/mol. The maximum absolute atomic E-state index is 6.05. The minimum Gasteiger partial charge on any atom is -0.485 e. The average molecular weight is 428 g/mol. The van der Waals surface area contributed by atoms with Gasteiger partial charge in [-0.1, -0.05) is 30.0 Å². The van der Waals surface area contributed by atoms with Crippen molar-refractivity contribution in [1.29, 1.82) is 0 Å². The van der Waals surface area contributed by atoms with Crippen molar-refractivity contribution in [3.63, 3.8) is 0 Å². The molecule has 0 spiro atoms. The maximum atomic E-state index is 6.05. The molecule has 2 atom stereocenters. The number of nitrogens with zero attached hydrogens (tertiary/aromatic N) is 5. The number of ether oxygens (including phenoxy) is 2. The predicted octanol–water partition coefficient (Wildman–Crippen LogP) is 4.29. The molecule has 0 unspecified atom stereocenters. The molecule has 0 saturated heterocycles. The Balaban J connectivity index is 1.31.